The number of fused-ring (bicyclic) bond motifs is 1. The molecule has 0 aliphatic carbocycles. The number of carbonyl (C=O) groups excluding carboxylic acids is 1. The number of aromatic nitrogens is 3. The number of benzene rings is 1. The Morgan fingerprint density at radius 3 is 2.70 bits per heavy atom. The van der Waals surface area contributed by atoms with Gasteiger partial charge in [-0.05, 0) is 42.3 Å². The van der Waals surface area contributed by atoms with Crippen LogP contribution < -0.4 is 0 Å². The standard InChI is InChI=1S/C15H12FN3O/c1-2-10-7-14(11-3-5-12(16)6-4-11)18-19-8-13(9-20)17-15(10)19/h3-9H,2H2,1H3. The molecule has 3 rings (SSSR count). The molecular formula is C15H12FN3O. The molecule has 4 nitrogen and oxygen atoms in total. The Morgan fingerprint density at radius 1 is 1.30 bits per heavy atom. The van der Waals surface area contributed by atoms with Crippen LogP contribution in [0, 0.1) is 5.82 Å². The van der Waals surface area contributed by atoms with E-state index >= 15 is 0 Å². The summed E-state index contributed by atoms with van der Waals surface area (Å²) in [6, 6.07) is 8.08. The molecule has 2 heterocycles. The minimum atomic E-state index is -0.281. The van der Waals surface area contributed by atoms with Crippen molar-refractivity contribution in [1.82, 2.24) is 14.6 Å². The van der Waals surface area contributed by atoms with Crippen molar-refractivity contribution in [3.05, 3.63) is 53.6 Å². The van der Waals surface area contributed by atoms with E-state index in [0.29, 0.717) is 17.6 Å². The van der Waals surface area contributed by atoms with E-state index < -0.39 is 0 Å². The van der Waals surface area contributed by atoms with Gasteiger partial charge in [-0.25, -0.2) is 13.9 Å². The predicted molar refractivity (Wildman–Crippen MR) is 73.1 cm³/mol. The van der Waals surface area contributed by atoms with Gasteiger partial charge in [-0.15, -0.1) is 0 Å². The number of aryl methyl sites for hydroxylation is 1. The van der Waals surface area contributed by atoms with E-state index in [9.17, 15) is 9.18 Å². The maximum absolute atomic E-state index is 13.0. The fourth-order valence-corrected chi connectivity index (χ4v) is 2.14. The lowest BCUT2D eigenvalue weighted by atomic mass is 10.1. The summed E-state index contributed by atoms with van der Waals surface area (Å²) in [6.07, 6.45) is 3.07. The lowest BCUT2D eigenvalue weighted by Gasteiger charge is -2.05. The molecule has 0 bridgehead atoms. The van der Waals surface area contributed by atoms with Crippen molar-refractivity contribution < 1.29 is 9.18 Å². The first-order valence-electron chi connectivity index (χ1n) is 6.31. The number of aldehydes is 1. The maximum atomic E-state index is 13.0. The molecule has 0 saturated carbocycles. The van der Waals surface area contributed by atoms with Crippen LogP contribution in [0.4, 0.5) is 4.39 Å². The Hall–Kier alpha value is -2.56. The number of carbonyl (C=O) groups is 1. The van der Waals surface area contributed by atoms with Crippen LogP contribution >= 0.6 is 0 Å². The van der Waals surface area contributed by atoms with Crippen LogP contribution in [0.5, 0.6) is 0 Å². The van der Waals surface area contributed by atoms with Gasteiger partial charge in [-0.2, -0.15) is 5.10 Å². The average molecular weight is 269 g/mol. The molecule has 0 radical (unpaired) electrons. The molecule has 1 aromatic carbocycles. The zero-order valence-electron chi connectivity index (χ0n) is 10.9. The smallest absolute Gasteiger partial charge is 0.170 e. The summed E-state index contributed by atoms with van der Waals surface area (Å²) in [6.45, 7) is 2.01. The first-order valence-corrected chi connectivity index (χ1v) is 6.31. The monoisotopic (exact) mass is 269 g/mol. The lowest BCUT2D eigenvalue weighted by Crippen LogP contribution is -1.98. The van der Waals surface area contributed by atoms with Crippen LogP contribution in [0.25, 0.3) is 16.9 Å². The fourth-order valence-electron chi connectivity index (χ4n) is 2.14. The van der Waals surface area contributed by atoms with Crippen molar-refractivity contribution in [1.29, 1.82) is 0 Å². The molecule has 0 aliphatic rings. The highest BCUT2D eigenvalue weighted by Crippen LogP contribution is 2.21. The van der Waals surface area contributed by atoms with Gasteiger partial charge in [0.2, 0.25) is 0 Å². The second-order valence-electron chi connectivity index (χ2n) is 4.47. The highest BCUT2D eigenvalue weighted by Gasteiger charge is 2.10. The Morgan fingerprint density at radius 2 is 2.05 bits per heavy atom. The number of hydrogen-bond acceptors (Lipinski definition) is 3. The summed E-state index contributed by atoms with van der Waals surface area (Å²) >= 11 is 0. The molecule has 0 N–H and O–H groups in total. The first kappa shape index (κ1) is 12.5. The molecule has 0 saturated heterocycles. The third-order valence-corrected chi connectivity index (χ3v) is 3.16. The van der Waals surface area contributed by atoms with Crippen molar-refractivity contribution in [3.8, 4) is 11.3 Å². The van der Waals surface area contributed by atoms with Gasteiger partial charge in [0.05, 0.1) is 11.9 Å². The zero-order chi connectivity index (χ0) is 14.1. The van der Waals surface area contributed by atoms with E-state index in [-0.39, 0.29) is 5.82 Å². The molecule has 0 atom stereocenters. The number of imidazole rings is 1. The molecule has 3 aromatic rings. The molecule has 20 heavy (non-hydrogen) atoms. The summed E-state index contributed by atoms with van der Waals surface area (Å²) in [7, 11) is 0. The molecule has 0 spiro atoms. The van der Waals surface area contributed by atoms with Gasteiger partial charge in [0.25, 0.3) is 0 Å². The summed E-state index contributed by atoms with van der Waals surface area (Å²) in [5.41, 5.74) is 3.57. The number of rotatable bonds is 3. The zero-order valence-corrected chi connectivity index (χ0v) is 10.9. The minimum Gasteiger partial charge on any atom is -0.296 e. The van der Waals surface area contributed by atoms with E-state index in [1.54, 1.807) is 22.8 Å². The van der Waals surface area contributed by atoms with Gasteiger partial charge in [0, 0.05) is 5.56 Å². The molecule has 0 aliphatic heterocycles. The van der Waals surface area contributed by atoms with E-state index in [2.05, 4.69) is 10.1 Å². The van der Waals surface area contributed by atoms with Gasteiger partial charge >= 0.3 is 0 Å². The topological polar surface area (TPSA) is 47.3 Å². The predicted octanol–water partition coefficient (Wildman–Crippen LogP) is 2.91. The largest absolute Gasteiger partial charge is 0.296 e. The van der Waals surface area contributed by atoms with Crippen LogP contribution in [-0.4, -0.2) is 20.9 Å². The molecule has 0 fully saturated rings. The fraction of sp³-hybridized carbons (Fsp3) is 0.133. The van der Waals surface area contributed by atoms with Crippen LogP contribution in [0.15, 0.2) is 36.5 Å². The average Bonchev–Trinajstić information content (AvgIpc) is 2.90. The molecular weight excluding hydrogens is 257 g/mol. The van der Waals surface area contributed by atoms with Gasteiger partial charge < -0.3 is 0 Å². The van der Waals surface area contributed by atoms with Crippen molar-refractivity contribution >= 4 is 11.9 Å². The van der Waals surface area contributed by atoms with Crippen LogP contribution in [-0.2, 0) is 6.42 Å². The molecule has 100 valence electrons. The van der Waals surface area contributed by atoms with Crippen molar-refractivity contribution in [2.75, 3.05) is 0 Å². The third-order valence-electron chi connectivity index (χ3n) is 3.16. The molecule has 5 heteroatoms. The summed E-state index contributed by atoms with van der Waals surface area (Å²) < 4.78 is 14.6. The quantitative estimate of drug-likeness (QED) is 0.687. The van der Waals surface area contributed by atoms with Crippen molar-refractivity contribution in [2.45, 2.75) is 13.3 Å². The summed E-state index contributed by atoms with van der Waals surface area (Å²) in [5.74, 6) is -0.281. The normalized spacial score (nSPS) is 10.9. The number of nitrogens with zero attached hydrogens (tertiary/aromatic N) is 3. The molecule has 0 unspecified atom stereocenters. The second-order valence-corrected chi connectivity index (χ2v) is 4.47. The minimum absolute atomic E-state index is 0.281. The van der Waals surface area contributed by atoms with E-state index in [1.807, 2.05) is 13.0 Å². The highest BCUT2D eigenvalue weighted by molar-refractivity contribution is 5.74. The Balaban J connectivity index is 2.21. The van der Waals surface area contributed by atoms with E-state index in [0.717, 1.165) is 23.2 Å². The maximum Gasteiger partial charge on any atom is 0.170 e. The Kier molecular flexibility index (Phi) is 3.02. The van der Waals surface area contributed by atoms with Gasteiger partial charge in [-0.1, -0.05) is 6.92 Å². The Bertz CT molecular complexity index is 778. The Labute approximate surface area is 114 Å². The second kappa shape index (κ2) is 4.85. The first-order chi connectivity index (χ1) is 9.71. The number of halogens is 1. The van der Waals surface area contributed by atoms with E-state index in [1.165, 1.54) is 12.1 Å². The summed E-state index contributed by atoms with van der Waals surface area (Å²) in [5, 5.41) is 4.43. The van der Waals surface area contributed by atoms with Gasteiger partial charge in [0.1, 0.15) is 11.5 Å². The van der Waals surface area contributed by atoms with Crippen LogP contribution in [0.3, 0.4) is 0 Å². The highest BCUT2D eigenvalue weighted by atomic mass is 19.1. The van der Waals surface area contributed by atoms with Crippen molar-refractivity contribution in [2.24, 2.45) is 0 Å². The number of hydrogen-bond donors (Lipinski definition) is 0. The summed E-state index contributed by atoms with van der Waals surface area (Å²) in [4.78, 5) is 15.0. The molecule has 2 aromatic heterocycles. The van der Waals surface area contributed by atoms with Gasteiger partial charge in [0.15, 0.2) is 11.9 Å². The van der Waals surface area contributed by atoms with Crippen molar-refractivity contribution in [3.63, 3.8) is 0 Å². The van der Waals surface area contributed by atoms with Crippen LogP contribution in [0.1, 0.15) is 23.0 Å². The van der Waals surface area contributed by atoms with E-state index in [4.69, 9.17) is 0 Å². The molecule has 0 amide bonds. The lowest BCUT2D eigenvalue weighted by molar-refractivity contribution is 0.111. The van der Waals surface area contributed by atoms with Crippen LogP contribution in [0.2, 0.25) is 0 Å². The van der Waals surface area contributed by atoms with Gasteiger partial charge in [-0.3, -0.25) is 4.79 Å². The third kappa shape index (κ3) is 2.07. The SMILES string of the molecule is CCc1cc(-c2ccc(F)cc2)nn2cc(C=O)nc12.